The molecular weight excluding hydrogens is 548 g/mol. The molecule has 3 aromatic carbocycles. The van der Waals surface area contributed by atoms with Crippen molar-refractivity contribution in [2.45, 2.75) is 0 Å². The second-order valence-electron chi connectivity index (χ2n) is 8.56. The van der Waals surface area contributed by atoms with E-state index < -0.39 is 0 Å². The fraction of sp³-hybridized carbons (Fsp3) is 0. The van der Waals surface area contributed by atoms with Crippen LogP contribution in [0.5, 0.6) is 0 Å². The number of hydrogen-bond donors (Lipinski definition) is 2. The van der Waals surface area contributed by atoms with Crippen LogP contribution in [0, 0.1) is 0 Å². The minimum absolute atomic E-state index is 0.179. The van der Waals surface area contributed by atoms with Crippen LogP contribution in [0.2, 0.25) is 0 Å². The van der Waals surface area contributed by atoms with E-state index >= 15 is 0 Å². The van der Waals surface area contributed by atoms with Crippen molar-refractivity contribution >= 4 is 92.1 Å². The predicted molar refractivity (Wildman–Crippen MR) is 156 cm³/mol. The summed E-state index contributed by atoms with van der Waals surface area (Å²) < 4.78 is 11.2. The highest BCUT2D eigenvalue weighted by Crippen LogP contribution is 2.31. The second-order valence-corrected chi connectivity index (χ2v) is 10.6. The zero-order valence-corrected chi connectivity index (χ0v) is 22.0. The van der Waals surface area contributed by atoms with Crippen LogP contribution in [0.3, 0.4) is 0 Å². The van der Waals surface area contributed by atoms with Crippen molar-refractivity contribution in [1.29, 1.82) is 0 Å². The molecule has 0 atom stereocenters. The number of nitrogens with one attached hydrogen (secondary N) is 2. The van der Waals surface area contributed by atoms with Gasteiger partial charge in [0.25, 0.3) is 11.8 Å². The maximum absolute atomic E-state index is 12.5. The zero-order chi connectivity index (χ0) is 27.1. The van der Waals surface area contributed by atoms with Crippen molar-refractivity contribution in [2.24, 2.45) is 9.98 Å². The number of carbonyl (C=O) groups excluding carboxylic acids is 2. The Bertz CT molecular complexity index is 1750. The van der Waals surface area contributed by atoms with Crippen LogP contribution in [0.1, 0.15) is 11.1 Å². The molecule has 0 unspecified atom stereocenters. The minimum atomic E-state index is -0.254. The van der Waals surface area contributed by atoms with Crippen LogP contribution >= 0.6 is 23.5 Å². The molecule has 40 heavy (non-hydrogen) atoms. The Hall–Kier alpha value is -4.94. The summed E-state index contributed by atoms with van der Waals surface area (Å²) in [5.74, 6) is -0.508. The van der Waals surface area contributed by atoms with Gasteiger partial charge in [-0.05, 0) is 71.1 Å². The van der Waals surface area contributed by atoms with Gasteiger partial charge in [-0.1, -0.05) is 48.5 Å². The van der Waals surface area contributed by atoms with Crippen molar-refractivity contribution in [3.63, 3.8) is 0 Å². The number of fused-ring (bicyclic) bond motifs is 2. The van der Waals surface area contributed by atoms with Crippen LogP contribution in [0.15, 0.2) is 101 Å². The number of nitrogens with zero attached hydrogens (tertiary/aromatic N) is 4. The summed E-state index contributed by atoms with van der Waals surface area (Å²) in [6.07, 6.45) is 3.54. The van der Waals surface area contributed by atoms with E-state index in [1.807, 2.05) is 72.8 Å². The molecule has 2 aliphatic heterocycles. The Balaban J connectivity index is 1.04. The number of aromatic nitrogens is 2. The maximum atomic E-state index is 12.5. The van der Waals surface area contributed by atoms with Crippen molar-refractivity contribution in [3.05, 3.63) is 93.7 Å². The predicted octanol–water partition coefficient (Wildman–Crippen LogP) is 5.75. The Morgan fingerprint density at radius 1 is 0.625 bits per heavy atom. The topological polar surface area (TPSA) is 135 Å². The lowest BCUT2D eigenvalue weighted by Crippen LogP contribution is -2.19. The van der Waals surface area contributed by atoms with Gasteiger partial charge in [0, 0.05) is 0 Å². The molecule has 0 saturated carbocycles. The van der Waals surface area contributed by atoms with Gasteiger partial charge in [0.2, 0.25) is 0 Å². The van der Waals surface area contributed by atoms with E-state index in [2.05, 4.69) is 30.6 Å². The molecular formula is C28H16N6O4S2. The number of benzene rings is 3. The summed E-state index contributed by atoms with van der Waals surface area (Å²) in [6.45, 7) is 0. The fourth-order valence-corrected chi connectivity index (χ4v) is 5.57. The largest absolute Gasteiger partial charge is 0.422 e. The molecule has 2 aromatic heterocycles. The van der Waals surface area contributed by atoms with Crippen molar-refractivity contribution < 1.29 is 18.4 Å². The third-order valence-electron chi connectivity index (χ3n) is 5.79. The Morgan fingerprint density at radius 3 is 1.48 bits per heavy atom. The first kappa shape index (κ1) is 24.1. The lowest BCUT2D eigenvalue weighted by Gasteiger charge is -1.98. The Morgan fingerprint density at radius 2 is 1.05 bits per heavy atom. The average Bonchev–Trinajstić information content (AvgIpc) is 3.71. The number of amidine groups is 2. The van der Waals surface area contributed by atoms with E-state index in [0.717, 1.165) is 11.1 Å². The van der Waals surface area contributed by atoms with Gasteiger partial charge in [0.15, 0.2) is 21.5 Å². The zero-order valence-electron chi connectivity index (χ0n) is 20.3. The first-order valence-electron chi connectivity index (χ1n) is 12.0. The minimum Gasteiger partial charge on any atom is -0.422 e. The van der Waals surface area contributed by atoms with E-state index in [9.17, 15) is 9.59 Å². The first-order chi connectivity index (χ1) is 19.6. The highest BCUT2D eigenvalue weighted by molar-refractivity contribution is 8.19. The molecule has 2 amide bonds. The normalized spacial score (nSPS) is 19.5. The standard InChI is InChI=1S/C28H16N6O4S2/c35-23-21(39-27(31-23)33-25-29-17-5-1-3-7-19(17)37-25)13-15-9-11-16(12-10-15)14-22-24(36)32-28(40-22)34-26-30-18-6-2-4-8-20(18)38-26/h1-14H,(H,29,31,33,35)(H,30,32,34,36)/b21-13-,22-14-. The number of hydrogen-bond acceptors (Lipinski definition) is 10. The molecule has 2 saturated heterocycles. The summed E-state index contributed by atoms with van der Waals surface area (Å²) >= 11 is 2.41. The lowest BCUT2D eigenvalue weighted by atomic mass is 10.1. The summed E-state index contributed by atoms with van der Waals surface area (Å²) in [4.78, 5) is 43.2. The van der Waals surface area contributed by atoms with E-state index in [4.69, 9.17) is 8.83 Å². The molecule has 7 rings (SSSR count). The van der Waals surface area contributed by atoms with Crippen molar-refractivity contribution in [3.8, 4) is 0 Å². The van der Waals surface area contributed by atoms with Crippen LogP contribution in [-0.2, 0) is 9.59 Å². The van der Waals surface area contributed by atoms with Gasteiger partial charge < -0.3 is 19.5 Å². The number of amides is 2. The van der Waals surface area contributed by atoms with Gasteiger partial charge in [0.05, 0.1) is 9.81 Å². The van der Waals surface area contributed by atoms with E-state index in [1.54, 1.807) is 12.2 Å². The molecule has 0 radical (unpaired) electrons. The first-order valence-corrected chi connectivity index (χ1v) is 13.6. The molecule has 10 nitrogen and oxygen atoms in total. The van der Waals surface area contributed by atoms with Gasteiger partial charge in [0.1, 0.15) is 11.0 Å². The van der Waals surface area contributed by atoms with Crippen LogP contribution in [0.25, 0.3) is 34.4 Å². The third-order valence-corrected chi connectivity index (χ3v) is 7.61. The SMILES string of the molecule is O=C1N/C(=N\c2nc3ccccc3o2)S/C1=C\c1ccc(/C=C2\S/C(=N/c3nc4ccccc4o3)NC2=O)cc1. The van der Waals surface area contributed by atoms with Gasteiger partial charge in [-0.2, -0.15) is 20.0 Å². The highest BCUT2D eigenvalue weighted by atomic mass is 32.2. The molecule has 2 fully saturated rings. The highest BCUT2D eigenvalue weighted by Gasteiger charge is 2.26. The fourth-order valence-electron chi connectivity index (χ4n) is 3.94. The molecule has 0 bridgehead atoms. The molecule has 0 aliphatic carbocycles. The van der Waals surface area contributed by atoms with E-state index in [0.29, 0.717) is 42.3 Å². The van der Waals surface area contributed by atoms with Crippen LogP contribution < -0.4 is 10.6 Å². The summed E-state index contributed by atoms with van der Waals surface area (Å²) in [5.41, 5.74) is 4.29. The summed E-state index contributed by atoms with van der Waals surface area (Å²) in [7, 11) is 0. The lowest BCUT2D eigenvalue weighted by molar-refractivity contribution is -0.116. The van der Waals surface area contributed by atoms with Gasteiger partial charge in [-0.3, -0.25) is 9.59 Å². The van der Waals surface area contributed by atoms with Crippen molar-refractivity contribution in [1.82, 2.24) is 20.6 Å². The average molecular weight is 565 g/mol. The van der Waals surface area contributed by atoms with E-state index in [-0.39, 0.29) is 23.8 Å². The molecule has 2 N–H and O–H groups in total. The number of rotatable bonds is 4. The summed E-state index contributed by atoms with van der Waals surface area (Å²) in [6, 6.07) is 22.6. The number of para-hydroxylation sites is 4. The quantitative estimate of drug-likeness (QED) is 0.263. The Kier molecular flexibility index (Phi) is 6.02. The third kappa shape index (κ3) is 4.93. The van der Waals surface area contributed by atoms with Crippen LogP contribution in [0.4, 0.5) is 12.0 Å². The monoisotopic (exact) mass is 564 g/mol. The van der Waals surface area contributed by atoms with E-state index in [1.165, 1.54) is 23.5 Å². The van der Waals surface area contributed by atoms with Gasteiger partial charge in [-0.25, -0.2) is 0 Å². The number of thioether (sulfide) groups is 2. The molecule has 0 spiro atoms. The summed E-state index contributed by atoms with van der Waals surface area (Å²) in [5, 5.41) is 6.26. The maximum Gasteiger partial charge on any atom is 0.325 e. The smallest absolute Gasteiger partial charge is 0.325 e. The van der Waals surface area contributed by atoms with Crippen molar-refractivity contribution in [2.75, 3.05) is 0 Å². The molecule has 2 aliphatic rings. The van der Waals surface area contributed by atoms with Gasteiger partial charge in [-0.15, -0.1) is 0 Å². The number of oxazole rings is 2. The molecule has 5 aromatic rings. The molecule has 4 heterocycles. The molecule has 194 valence electrons. The number of aliphatic imine (C=N–C) groups is 2. The van der Waals surface area contributed by atoms with Crippen LogP contribution in [-0.4, -0.2) is 32.1 Å². The number of carbonyl (C=O) groups is 2. The Labute approximate surface area is 234 Å². The molecule has 12 heteroatoms. The second kappa shape index (κ2) is 9.98. The van der Waals surface area contributed by atoms with Gasteiger partial charge >= 0.3 is 12.0 Å².